The first-order valence-corrected chi connectivity index (χ1v) is 8.52. The van der Waals surface area contributed by atoms with E-state index in [0.717, 1.165) is 18.4 Å². The summed E-state index contributed by atoms with van der Waals surface area (Å²) in [6.07, 6.45) is 2.44. The predicted molar refractivity (Wildman–Crippen MR) is 95.1 cm³/mol. The molecule has 1 aliphatic carbocycles. The molecule has 3 nitrogen and oxygen atoms in total. The average molecular weight is 321 g/mol. The molecule has 0 saturated heterocycles. The van der Waals surface area contributed by atoms with Crippen LogP contribution in [0.15, 0.2) is 42.5 Å². The summed E-state index contributed by atoms with van der Waals surface area (Å²) in [6.45, 7) is 4.02. The number of amides is 1. The molecular formula is C21H23NO2. The third-order valence-corrected chi connectivity index (χ3v) is 4.88. The number of ketones is 1. The molecule has 0 fully saturated rings. The summed E-state index contributed by atoms with van der Waals surface area (Å²) in [5.74, 6) is -0.0195. The smallest absolute Gasteiger partial charge is 0.220 e. The molecule has 0 unspecified atom stereocenters. The van der Waals surface area contributed by atoms with Gasteiger partial charge in [0.25, 0.3) is 0 Å². The topological polar surface area (TPSA) is 46.2 Å². The highest BCUT2D eigenvalue weighted by Gasteiger charge is 2.23. The maximum absolute atomic E-state index is 12.3. The largest absolute Gasteiger partial charge is 0.349 e. The summed E-state index contributed by atoms with van der Waals surface area (Å²) in [7, 11) is 0. The van der Waals surface area contributed by atoms with Gasteiger partial charge in [0.15, 0.2) is 5.78 Å². The van der Waals surface area contributed by atoms with Gasteiger partial charge in [-0.2, -0.15) is 0 Å². The quantitative estimate of drug-likeness (QED) is 0.844. The molecular weight excluding hydrogens is 298 g/mol. The van der Waals surface area contributed by atoms with Crippen molar-refractivity contribution in [1.82, 2.24) is 5.32 Å². The van der Waals surface area contributed by atoms with E-state index in [0.29, 0.717) is 5.56 Å². The highest BCUT2D eigenvalue weighted by molar-refractivity contribution is 5.98. The Bertz CT molecular complexity index is 779. The molecule has 24 heavy (non-hydrogen) atoms. The summed E-state index contributed by atoms with van der Waals surface area (Å²) in [5.41, 5.74) is 5.49. The zero-order valence-corrected chi connectivity index (χ0v) is 14.3. The third-order valence-electron chi connectivity index (χ3n) is 4.88. The van der Waals surface area contributed by atoms with E-state index in [-0.39, 0.29) is 30.6 Å². The van der Waals surface area contributed by atoms with Crippen molar-refractivity contribution in [3.63, 3.8) is 0 Å². The van der Waals surface area contributed by atoms with Crippen LogP contribution < -0.4 is 5.32 Å². The number of hydrogen-bond acceptors (Lipinski definition) is 2. The van der Waals surface area contributed by atoms with Crippen molar-refractivity contribution >= 4 is 11.7 Å². The number of aryl methyl sites for hydroxylation is 3. The molecule has 1 aliphatic rings. The molecule has 0 bridgehead atoms. The molecule has 0 saturated carbocycles. The molecule has 1 atom stereocenters. The standard InChI is InChI=1S/C21H23NO2/c1-14-7-8-17(13-15(14)2)20(23)11-12-21(24)22-19-10-9-16-5-3-4-6-18(16)19/h3-8,13,19H,9-12H2,1-2H3,(H,22,24)/t19-/m0/s1. The SMILES string of the molecule is Cc1ccc(C(=O)CCC(=O)N[C@H]2CCc3ccccc32)cc1C. The van der Waals surface area contributed by atoms with E-state index in [4.69, 9.17) is 0 Å². The Morgan fingerprint density at radius 2 is 1.83 bits per heavy atom. The number of rotatable bonds is 5. The Morgan fingerprint density at radius 3 is 2.62 bits per heavy atom. The highest BCUT2D eigenvalue weighted by atomic mass is 16.2. The molecule has 3 heteroatoms. The van der Waals surface area contributed by atoms with Crippen LogP contribution in [0.3, 0.4) is 0 Å². The Labute approximate surface area is 143 Å². The number of carbonyl (C=O) groups excluding carboxylic acids is 2. The van der Waals surface area contributed by atoms with Gasteiger partial charge in [0.1, 0.15) is 0 Å². The van der Waals surface area contributed by atoms with Crippen molar-refractivity contribution in [3.05, 3.63) is 70.3 Å². The Hall–Kier alpha value is -2.42. The van der Waals surface area contributed by atoms with Crippen molar-refractivity contribution in [1.29, 1.82) is 0 Å². The molecule has 0 spiro atoms. The summed E-state index contributed by atoms with van der Waals surface area (Å²) < 4.78 is 0. The lowest BCUT2D eigenvalue weighted by Gasteiger charge is -2.14. The van der Waals surface area contributed by atoms with Crippen molar-refractivity contribution in [2.75, 3.05) is 0 Å². The molecule has 2 aromatic carbocycles. The van der Waals surface area contributed by atoms with E-state index in [9.17, 15) is 9.59 Å². The van der Waals surface area contributed by atoms with Gasteiger partial charge in [0.05, 0.1) is 6.04 Å². The normalized spacial score (nSPS) is 15.8. The molecule has 124 valence electrons. The molecule has 2 aromatic rings. The van der Waals surface area contributed by atoms with Gasteiger partial charge in [0, 0.05) is 18.4 Å². The Balaban J connectivity index is 1.54. The van der Waals surface area contributed by atoms with Crippen molar-refractivity contribution in [3.8, 4) is 0 Å². The second-order valence-corrected chi connectivity index (χ2v) is 6.58. The van der Waals surface area contributed by atoms with E-state index in [1.54, 1.807) is 0 Å². The van der Waals surface area contributed by atoms with Crippen LogP contribution in [0, 0.1) is 13.8 Å². The fourth-order valence-electron chi connectivity index (χ4n) is 3.26. The zero-order chi connectivity index (χ0) is 17.1. The lowest BCUT2D eigenvalue weighted by atomic mass is 10.0. The fraction of sp³-hybridized carbons (Fsp3) is 0.333. The number of Topliss-reactive ketones (excluding diaryl/α,β-unsaturated/α-hetero) is 1. The lowest BCUT2D eigenvalue weighted by Crippen LogP contribution is -2.27. The van der Waals surface area contributed by atoms with Crippen LogP contribution in [0.4, 0.5) is 0 Å². The minimum Gasteiger partial charge on any atom is -0.349 e. The first-order valence-electron chi connectivity index (χ1n) is 8.52. The van der Waals surface area contributed by atoms with Gasteiger partial charge in [-0.05, 0) is 55.0 Å². The van der Waals surface area contributed by atoms with Gasteiger partial charge in [-0.3, -0.25) is 9.59 Å². The monoisotopic (exact) mass is 321 g/mol. The van der Waals surface area contributed by atoms with E-state index >= 15 is 0 Å². The van der Waals surface area contributed by atoms with Crippen LogP contribution in [0.25, 0.3) is 0 Å². The maximum atomic E-state index is 12.3. The Kier molecular flexibility index (Phi) is 4.79. The van der Waals surface area contributed by atoms with Crippen LogP contribution in [0.2, 0.25) is 0 Å². The van der Waals surface area contributed by atoms with Gasteiger partial charge in [-0.25, -0.2) is 0 Å². The van der Waals surface area contributed by atoms with Crippen LogP contribution in [0.1, 0.15) is 57.9 Å². The summed E-state index contributed by atoms with van der Waals surface area (Å²) >= 11 is 0. The van der Waals surface area contributed by atoms with E-state index in [1.807, 2.05) is 44.2 Å². The van der Waals surface area contributed by atoms with E-state index in [1.165, 1.54) is 16.7 Å². The minimum absolute atomic E-state index is 0.0278. The third kappa shape index (κ3) is 3.56. The van der Waals surface area contributed by atoms with Gasteiger partial charge in [-0.15, -0.1) is 0 Å². The second kappa shape index (κ2) is 7.00. The van der Waals surface area contributed by atoms with Crippen molar-refractivity contribution in [2.24, 2.45) is 0 Å². The number of fused-ring (bicyclic) bond motifs is 1. The van der Waals surface area contributed by atoms with Gasteiger partial charge in [-0.1, -0.05) is 36.4 Å². The molecule has 0 heterocycles. The zero-order valence-electron chi connectivity index (χ0n) is 14.3. The van der Waals surface area contributed by atoms with Crippen molar-refractivity contribution in [2.45, 2.75) is 45.6 Å². The van der Waals surface area contributed by atoms with Gasteiger partial charge in [0.2, 0.25) is 5.91 Å². The van der Waals surface area contributed by atoms with Gasteiger partial charge < -0.3 is 5.32 Å². The summed E-state index contributed by atoms with van der Waals surface area (Å²) in [4.78, 5) is 24.5. The molecule has 0 radical (unpaired) electrons. The second-order valence-electron chi connectivity index (χ2n) is 6.58. The van der Waals surface area contributed by atoms with Crippen molar-refractivity contribution < 1.29 is 9.59 Å². The molecule has 3 rings (SSSR count). The highest BCUT2D eigenvalue weighted by Crippen LogP contribution is 2.30. The fourth-order valence-corrected chi connectivity index (χ4v) is 3.26. The molecule has 0 aromatic heterocycles. The van der Waals surface area contributed by atoms with E-state index in [2.05, 4.69) is 17.4 Å². The number of benzene rings is 2. The first-order chi connectivity index (χ1) is 11.5. The average Bonchev–Trinajstić information content (AvgIpc) is 2.98. The van der Waals surface area contributed by atoms with Crippen LogP contribution in [0.5, 0.6) is 0 Å². The summed E-state index contributed by atoms with van der Waals surface area (Å²) in [6, 6.07) is 14.0. The van der Waals surface area contributed by atoms with Crippen LogP contribution in [-0.2, 0) is 11.2 Å². The molecule has 1 amide bonds. The van der Waals surface area contributed by atoms with Crippen LogP contribution >= 0.6 is 0 Å². The maximum Gasteiger partial charge on any atom is 0.220 e. The summed E-state index contributed by atoms with van der Waals surface area (Å²) in [5, 5.41) is 3.07. The molecule has 0 aliphatic heterocycles. The molecule has 1 N–H and O–H groups in total. The number of nitrogens with one attached hydrogen (secondary N) is 1. The van der Waals surface area contributed by atoms with E-state index < -0.39 is 0 Å². The van der Waals surface area contributed by atoms with Gasteiger partial charge >= 0.3 is 0 Å². The first kappa shape index (κ1) is 16.4. The predicted octanol–water partition coefficient (Wildman–Crippen LogP) is 4.07. The Morgan fingerprint density at radius 1 is 1.04 bits per heavy atom. The number of carbonyl (C=O) groups is 2. The lowest BCUT2D eigenvalue weighted by molar-refractivity contribution is -0.121. The number of hydrogen-bond donors (Lipinski definition) is 1. The minimum atomic E-state index is -0.0473. The van der Waals surface area contributed by atoms with Crippen LogP contribution in [-0.4, -0.2) is 11.7 Å².